The van der Waals surface area contributed by atoms with Crippen LogP contribution in [-0.2, 0) is 9.53 Å². The topological polar surface area (TPSA) is 56.6 Å². The SMILES string of the molecule is CC(C)C(=O)/C(C#N)=C/C(C)(C)N1CCN(C2COC2)CC1. The van der Waals surface area contributed by atoms with Crippen molar-refractivity contribution in [3.63, 3.8) is 0 Å². The summed E-state index contributed by atoms with van der Waals surface area (Å²) in [5, 5.41) is 9.28. The Morgan fingerprint density at radius 3 is 2.27 bits per heavy atom. The quantitative estimate of drug-likeness (QED) is 0.568. The molecule has 0 aromatic heterocycles. The third-order valence-corrected chi connectivity index (χ3v) is 4.67. The Morgan fingerprint density at radius 1 is 1.27 bits per heavy atom. The number of hydrogen-bond acceptors (Lipinski definition) is 5. The molecule has 2 rings (SSSR count). The lowest BCUT2D eigenvalue weighted by atomic mass is 9.93. The molecule has 0 aromatic carbocycles. The molecule has 2 saturated heterocycles. The number of Topliss-reactive ketones (excluding diaryl/α,β-unsaturated/α-hetero) is 1. The fourth-order valence-electron chi connectivity index (χ4n) is 3.01. The molecule has 2 fully saturated rings. The molecule has 0 aromatic rings. The summed E-state index contributed by atoms with van der Waals surface area (Å²) in [6.07, 6.45) is 1.84. The van der Waals surface area contributed by atoms with Crippen LogP contribution in [0.15, 0.2) is 11.6 Å². The van der Waals surface area contributed by atoms with E-state index in [-0.39, 0.29) is 22.8 Å². The molecule has 0 aliphatic carbocycles. The van der Waals surface area contributed by atoms with Gasteiger partial charge in [0, 0.05) is 37.6 Å². The molecule has 0 radical (unpaired) electrons. The number of ether oxygens (including phenoxy) is 1. The van der Waals surface area contributed by atoms with E-state index in [4.69, 9.17) is 4.74 Å². The maximum absolute atomic E-state index is 12.1. The van der Waals surface area contributed by atoms with E-state index < -0.39 is 0 Å². The van der Waals surface area contributed by atoms with E-state index in [2.05, 4.69) is 29.7 Å². The molecular weight excluding hydrogens is 278 g/mol. The summed E-state index contributed by atoms with van der Waals surface area (Å²) in [6.45, 7) is 13.5. The van der Waals surface area contributed by atoms with Crippen LogP contribution in [0.1, 0.15) is 27.7 Å². The summed E-state index contributed by atoms with van der Waals surface area (Å²) < 4.78 is 5.26. The van der Waals surface area contributed by atoms with Crippen LogP contribution in [-0.4, -0.2) is 66.6 Å². The van der Waals surface area contributed by atoms with Gasteiger partial charge in [0.25, 0.3) is 0 Å². The van der Waals surface area contributed by atoms with Crippen molar-refractivity contribution >= 4 is 5.78 Å². The summed E-state index contributed by atoms with van der Waals surface area (Å²) in [5.41, 5.74) is 0.00693. The molecule has 0 spiro atoms. The molecule has 122 valence electrons. The highest BCUT2D eigenvalue weighted by atomic mass is 16.5. The first-order chi connectivity index (χ1) is 10.3. The summed E-state index contributed by atoms with van der Waals surface area (Å²) in [7, 11) is 0. The van der Waals surface area contributed by atoms with Gasteiger partial charge in [0.1, 0.15) is 6.07 Å². The number of nitrogens with zero attached hydrogens (tertiary/aromatic N) is 3. The standard InChI is InChI=1S/C17H27N3O2/c1-13(2)16(21)14(10-18)9-17(3,4)20-7-5-19(6-8-20)15-11-22-12-15/h9,13,15H,5-8,11-12H2,1-4H3/b14-9+. The first-order valence-electron chi connectivity index (χ1n) is 8.09. The van der Waals surface area contributed by atoms with Gasteiger partial charge in [-0.25, -0.2) is 0 Å². The Labute approximate surface area is 133 Å². The van der Waals surface area contributed by atoms with Gasteiger partial charge in [-0.15, -0.1) is 0 Å². The van der Waals surface area contributed by atoms with Gasteiger partial charge in [0.2, 0.25) is 0 Å². The Morgan fingerprint density at radius 2 is 1.86 bits per heavy atom. The Bertz CT molecular complexity index is 479. The number of rotatable bonds is 5. The average Bonchev–Trinajstić information content (AvgIpc) is 2.42. The van der Waals surface area contributed by atoms with Crippen LogP contribution in [0.3, 0.4) is 0 Å². The van der Waals surface area contributed by atoms with Crippen LogP contribution in [0, 0.1) is 17.2 Å². The third-order valence-electron chi connectivity index (χ3n) is 4.67. The smallest absolute Gasteiger partial charge is 0.175 e. The van der Waals surface area contributed by atoms with Gasteiger partial charge in [-0.05, 0) is 19.9 Å². The fraction of sp³-hybridized carbons (Fsp3) is 0.765. The first kappa shape index (κ1) is 17.1. The van der Waals surface area contributed by atoms with Crippen molar-refractivity contribution in [2.24, 2.45) is 5.92 Å². The minimum absolute atomic E-state index is 0.0687. The molecule has 0 N–H and O–H groups in total. The largest absolute Gasteiger partial charge is 0.378 e. The predicted octanol–water partition coefficient (Wildman–Crippen LogP) is 1.46. The van der Waals surface area contributed by atoms with Gasteiger partial charge in [-0.2, -0.15) is 5.26 Å². The van der Waals surface area contributed by atoms with Crippen LogP contribution in [0.2, 0.25) is 0 Å². The van der Waals surface area contributed by atoms with Crippen LogP contribution in [0.25, 0.3) is 0 Å². The van der Waals surface area contributed by atoms with Gasteiger partial charge in [0.05, 0.1) is 24.8 Å². The van der Waals surface area contributed by atoms with Gasteiger partial charge in [0.15, 0.2) is 5.78 Å². The molecular formula is C17H27N3O2. The zero-order valence-corrected chi connectivity index (χ0v) is 14.1. The third kappa shape index (κ3) is 3.75. The van der Waals surface area contributed by atoms with Gasteiger partial charge < -0.3 is 4.74 Å². The summed E-state index contributed by atoms with van der Waals surface area (Å²) >= 11 is 0. The molecule has 2 heterocycles. The molecule has 0 bridgehead atoms. The normalized spacial score (nSPS) is 22.5. The zero-order chi connectivity index (χ0) is 16.3. The highest BCUT2D eigenvalue weighted by Crippen LogP contribution is 2.23. The number of ketones is 1. The van der Waals surface area contributed by atoms with E-state index in [1.54, 1.807) is 0 Å². The van der Waals surface area contributed by atoms with Crippen molar-refractivity contribution in [3.8, 4) is 6.07 Å². The lowest BCUT2D eigenvalue weighted by Crippen LogP contribution is -2.59. The van der Waals surface area contributed by atoms with E-state index >= 15 is 0 Å². The van der Waals surface area contributed by atoms with Crippen LogP contribution in [0.4, 0.5) is 0 Å². The molecule has 0 atom stereocenters. The lowest BCUT2D eigenvalue weighted by Gasteiger charge is -2.46. The highest BCUT2D eigenvalue weighted by Gasteiger charge is 2.33. The molecule has 0 amide bonds. The van der Waals surface area contributed by atoms with Crippen molar-refractivity contribution in [1.82, 2.24) is 9.80 Å². The fourth-order valence-corrected chi connectivity index (χ4v) is 3.01. The number of carbonyl (C=O) groups is 1. The van der Waals surface area contributed by atoms with Crippen molar-refractivity contribution in [2.45, 2.75) is 39.3 Å². The minimum Gasteiger partial charge on any atom is -0.378 e. The number of hydrogen-bond donors (Lipinski definition) is 0. The van der Waals surface area contributed by atoms with Gasteiger partial charge in [-0.1, -0.05) is 13.8 Å². The summed E-state index contributed by atoms with van der Waals surface area (Å²) in [4.78, 5) is 16.9. The molecule has 0 unspecified atom stereocenters. The second-order valence-corrected chi connectivity index (χ2v) is 7.06. The summed E-state index contributed by atoms with van der Waals surface area (Å²) in [5.74, 6) is -0.210. The van der Waals surface area contributed by atoms with Gasteiger partial charge in [-0.3, -0.25) is 14.6 Å². The van der Waals surface area contributed by atoms with Crippen molar-refractivity contribution in [2.75, 3.05) is 39.4 Å². The number of allylic oxidation sites excluding steroid dienone is 1. The molecule has 2 aliphatic heterocycles. The summed E-state index contributed by atoms with van der Waals surface area (Å²) in [6, 6.07) is 2.66. The van der Waals surface area contributed by atoms with Crippen molar-refractivity contribution in [1.29, 1.82) is 5.26 Å². The monoisotopic (exact) mass is 305 g/mol. The predicted molar refractivity (Wildman–Crippen MR) is 85.4 cm³/mol. The molecule has 0 saturated carbocycles. The lowest BCUT2D eigenvalue weighted by molar-refractivity contribution is -0.118. The second-order valence-electron chi connectivity index (χ2n) is 7.06. The average molecular weight is 305 g/mol. The molecule has 5 heteroatoms. The van der Waals surface area contributed by atoms with E-state index in [1.165, 1.54) is 0 Å². The molecule has 2 aliphatic rings. The molecule has 5 nitrogen and oxygen atoms in total. The maximum Gasteiger partial charge on any atom is 0.175 e. The Kier molecular flexibility index (Phi) is 5.38. The Hall–Kier alpha value is -1.22. The minimum atomic E-state index is -0.280. The zero-order valence-electron chi connectivity index (χ0n) is 14.1. The number of carbonyl (C=O) groups excluding carboxylic acids is 1. The van der Waals surface area contributed by atoms with Crippen LogP contribution >= 0.6 is 0 Å². The number of piperazine rings is 1. The first-order valence-corrected chi connectivity index (χ1v) is 8.09. The van der Waals surface area contributed by atoms with E-state index in [9.17, 15) is 10.1 Å². The second kappa shape index (κ2) is 6.91. The highest BCUT2D eigenvalue weighted by molar-refractivity contribution is 6.00. The maximum atomic E-state index is 12.1. The van der Waals surface area contributed by atoms with Gasteiger partial charge >= 0.3 is 0 Å². The van der Waals surface area contributed by atoms with Crippen molar-refractivity contribution in [3.05, 3.63) is 11.6 Å². The van der Waals surface area contributed by atoms with Crippen LogP contribution in [0.5, 0.6) is 0 Å². The van der Waals surface area contributed by atoms with E-state index in [0.717, 1.165) is 39.4 Å². The van der Waals surface area contributed by atoms with Crippen molar-refractivity contribution < 1.29 is 9.53 Å². The van der Waals surface area contributed by atoms with E-state index in [1.807, 2.05) is 19.9 Å². The molecule has 22 heavy (non-hydrogen) atoms. The van der Waals surface area contributed by atoms with E-state index in [0.29, 0.717) is 6.04 Å². The Balaban J connectivity index is 2.00. The number of nitriles is 1. The van der Waals surface area contributed by atoms with Crippen LogP contribution < -0.4 is 0 Å².